The third-order valence-corrected chi connectivity index (χ3v) is 4.08. The first-order chi connectivity index (χ1) is 10.7. The van der Waals surface area contributed by atoms with Gasteiger partial charge in [0, 0.05) is 26.9 Å². The highest BCUT2D eigenvalue weighted by molar-refractivity contribution is 5.95. The molecule has 7 nitrogen and oxygen atoms in total. The molecule has 1 unspecified atom stereocenters. The first-order valence-electron chi connectivity index (χ1n) is 7.53. The number of fused-ring (bicyclic) bond motifs is 1. The zero-order valence-electron chi connectivity index (χ0n) is 13.0. The van der Waals surface area contributed by atoms with Crippen molar-refractivity contribution in [1.82, 2.24) is 24.9 Å². The quantitative estimate of drug-likeness (QED) is 0.896. The molecule has 0 fully saturated rings. The van der Waals surface area contributed by atoms with Gasteiger partial charge in [0.2, 0.25) is 0 Å². The second kappa shape index (κ2) is 6.31. The standard InChI is InChI=1S/C15H21N5O2/c1-19-14(6-7-16-19)12(10-22-2)18-15(21)11-9-17-20-8-4-3-5-13(11)20/h6-7,9,12H,3-5,8,10H2,1-2H3,(H,18,21). The van der Waals surface area contributed by atoms with Gasteiger partial charge < -0.3 is 10.1 Å². The van der Waals surface area contributed by atoms with Crippen LogP contribution in [0.5, 0.6) is 0 Å². The van der Waals surface area contributed by atoms with Crippen molar-refractivity contribution < 1.29 is 9.53 Å². The number of rotatable bonds is 5. The predicted octanol–water partition coefficient (Wildman–Crippen LogP) is 1.07. The molecule has 22 heavy (non-hydrogen) atoms. The van der Waals surface area contributed by atoms with Gasteiger partial charge in [0.25, 0.3) is 5.91 Å². The molecule has 0 aromatic carbocycles. The number of nitrogens with zero attached hydrogens (tertiary/aromatic N) is 4. The number of hydrogen-bond acceptors (Lipinski definition) is 4. The smallest absolute Gasteiger partial charge is 0.255 e. The number of methoxy groups -OCH3 is 1. The van der Waals surface area contributed by atoms with Gasteiger partial charge in [0.1, 0.15) is 0 Å². The Kier molecular flexibility index (Phi) is 4.24. The molecule has 0 saturated carbocycles. The van der Waals surface area contributed by atoms with Gasteiger partial charge in [0.15, 0.2) is 0 Å². The van der Waals surface area contributed by atoms with Crippen molar-refractivity contribution in [2.24, 2.45) is 7.05 Å². The lowest BCUT2D eigenvalue weighted by Gasteiger charge is -2.19. The lowest BCUT2D eigenvalue weighted by atomic mass is 10.1. The third kappa shape index (κ3) is 2.76. The number of aromatic nitrogens is 4. The molecular formula is C15H21N5O2. The van der Waals surface area contributed by atoms with E-state index in [1.807, 2.05) is 17.8 Å². The Bertz CT molecular complexity index is 661. The van der Waals surface area contributed by atoms with Crippen LogP contribution in [0.2, 0.25) is 0 Å². The monoisotopic (exact) mass is 303 g/mol. The molecule has 1 N–H and O–H groups in total. The maximum absolute atomic E-state index is 12.6. The predicted molar refractivity (Wildman–Crippen MR) is 80.5 cm³/mol. The van der Waals surface area contributed by atoms with Crippen LogP contribution < -0.4 is 5.32 Å². The molecule has 0 radical (unpaired) electrons. The largest absolute Gasteiger partial charge is 0.382 e. The summed E-state index contributed by atoms with van der Waals surface area (Å²) < 4.78 is 8.92. The number of amides is 1. The maximum atomic E-state index is 12.6. The molecule has 0 saturated heterocycles. The van der Waals surface area contributed by atoms with Crippen LogP contribution in [-0.4, -0.2) is 39.2 Å². The number of carbonyl (C=O) groups excluding carboxylic acids is 1. The number of hydrogen-bond donors (Lipinski definition) is 1. The highest BCUT2D eigenvalue weighted by Gasteiger charge is 2.23. The van der Waals surface area contributed by atoms with Crippen molar-refractivity contribution in [3.05, 3.63) is 35.4 Å². The SMILES string of the molecule is COCC(NC(=O)c1cnn2c1CCCC2)c1ccnn1C. The van der Waals surface area contributed by atoms with E-state index in [0.29, 0.717) is 12.2 Å². The van der Waals surface area contributed by atoms with Crippen molar-refractivity contribution in [2.45, 2.75) is 31.8 Å². The summed E-state index contributed by atoms with van der Waals surface area (Å²) in [6, 6.07) is 1.65. The summed E-state index contributed by atoms with van der Waals surface area (Å²) in [5, 5.41) is 11.5. The molecule has 1 aliphatic heterocycles. The molecule has 0 aliphatic carbocycles. The summed E-state index contributed by atoms with van der Waals surface area (Å²) in [7, 11) is 3.48. The van der Waals surface area contributed by atoms with Crippen LogP contribution in [0.25, 0.3) is 0 Å². The van der Waals surface area contributed by atoms with Gasteiger partial charge in [-0.05, 0) is 25.3 Å². The minimum absolute atomic E-state index is 0.105. The Morgan fingerprint density at radius 2 is 2.32 bits per heavy atom. The summed E-state index contributed by atoms with van der Waals surface area (Å²) in [5.74, 6) is -0.105. The summed E-state index contributed by atoms with van der Waals surface area (Å²) in [4.78, 5) is 12.6. The average molecular weight is 303 g/mol. The second-order valence-electron chi connectivity index (χ2n) is 5.55. The molecule has 1 aliphatic rings. The fraction of sp³-hybridized carbons (Fsp3) is 0.533. The van der Waals surface area contributed by atoms with Crippen LogP contribution in [0.4, 0.5) is 0 Å². The Labute approximate surface area is 129 Å². The lowest BCUT2D eigenvalue weighted by molar-refractivity contribution is 0.0891. The first kappa shape index (κ1) is 14.8. The Balaban J connectivity index is 1.80. The zero-order chi connectivity index (χ0) is 15.5. The van der Waals surface area contributed by atoms with E-state index < -0.39 is 0 Å². The zero-order valence-corrected chi connectivity index (χ0v) is 13.0. The Morgan fingerprint density at radius 3 is 3.05 bits per heavy atom. The number of carbonyl (C=O) groups is 1. The van der Waals surface area contributed by atoms with Crippen LogP contribution in [0.1, 0.15) is 40.6 Å². The van der Waals surface area contributed by atoms with E-state index in [2.05, 4.69) is 15.5 Å². The summed E-state index contributed by atoms with van der Waals surface area (Å²) in [6.45, 7) is 1.29. The first-order valence-corrected chi connectivity index (χ1v) is 7.53. The molecule has 2 aromatic heterocycles. The van der Waals surface area contributed by atoms with Crippen molar-refractivity contribution in [3.8, 4) is 0 Å². The van der Waals surface area contributed by atoms with Gasteiger partial charge in [0.05, 0.1) is 35.8 Å². The summed E-state index contributed by atoms with van der Waals surface area (Å²) in [5.41, 5.74) is 2.61. The average Bonchev–Trinajstić information content (AvgIpc) is 3.12. The molecule has 3 rings (SSSR count). The van der Waals surface area contributed by atoms with Crippen molar-refractivity contribution in [3.63, 3.8) is 0 Å². The van der Waals surface area contributed by atoms with E-state index in [1.165, 1.54) is 0 Å². The van der Waals surface area contributed by atoms with Gasteiger partial charge in [-0.1, -0.05) is 0 Å². The Hall–Kier alpha value is -2.15. The molecular weight excluding hydrogens is 282 g/mol. The molecule has 3 heterocycles. The minimum Gasteiger partial charge on any atom is -0.382 e. The van der Waals surface area contributed by atoms with Gasteiger partial charge in [-0.15, -0.1) is 0 Å². The molecule has 0 spiro atoms. The number of ether oxygens (including phenoxy) is 1. The van der Waals surface area contributed by atoms with Gasteiger partial charge in [-0.25, -0.2) is 0 Å². The van der Waals surface area contributed by atoms with Crippen molar-refractivity contribution in [1.29, 1.82) is 0 Å². The lowest BCUT2D eigenvalue weighted by Crippen LogP contribution is -2.33. The third-order valence-electron chi connectivity index (χ3n) is 4.08. The van der Waals surface area contributed by atoms with Gasteiger partial charge >= 0.3 is 0 Å². The van der Waals surface area contributed by atoms with Crippen LogP contribution in [0.15, 0.2) is 18.5 Å². The molecule has 0 bridgehead atoms. The molecule has 7 heteroatoms. The highest BCUT2D eigenvalue weighted by Crippen LogP contribution is 2.19. The molecule has 1 amide bonds. The van der Waals surface area contributed by atoms with Crippen molar-refractivity contribution >= 4 is 5.91 Å². The van der Waals surface area contributed by atoms with E-state index in [0.717, 1.165) is 37.2 Å². The fourth-order valence-corrected chi connectivity index (χ4v) is 2.94. The van der Waals surface area contributed by atoms with E-state index in [-0.39, 0.29) is 11.9 Å². The maximum Gasteiger partial charge on any atom is 0.255 e. The van der Waals surface area contributed by atoms with E-state index in [4.69, 9.17) is 4.74 Å². The Morgan fingerprint density at radius 1 is 1.45 bits per heavy atom. The highest BCUT2D eigenvalue weighted by atomic mass is 16.5. The van der Waals surface area contributed by atoms with Crippen LogP contribution in [0, 0.1) is 0 Å². The normalized spacial score (nSPS) is 15.4. The molecule has 2 aromatic rings. The second-order valence-corrected chi connectivity index (χ2v) is 5.55. The number of aryl methyl sites for hydroxylation is 2. The van der Waals surface area contributed by atoms with Crippen LogP contribution in [-0.2, 0) is 24.8 Å². The van der Waals surface area contributed by atoms with Crippen LogP contribution >= 0.6 is 0 Å². The topological polar surface area (TPSA) is 74.0 Å². The van der Waals surface area contributed by atoms with Gasteiger partial charge in [-0.3, -0.25) is 14.2 Å². The molecule has 118 valence electrons. The van der Waals surface area contributed by atoms with E-state index in [9.17, 15) is 4.79 Å². The van der Waals surface area contributed by atoms with Crippen molar-refractivity contribution in [2.75, 3.05) is 13.7 Å². The number of nitrogens with one attached hydrogen (secondary N) is 1. The fourth-order valence-electron chi connectivity index (χ4n) is 2.94. The summed E-state index contributed by atoms with van der Waals surface area (Å²) >= 11 is 0. The van der Waals surface area contributed by atoms with Crippen LogP contribution in [0.3, 0.4) is 0 Å². The van der Waals surface area contributed by atoms with E-state index >= 15 is 0 Å². The summed E-state index contributed by atoms with van der Waals surface area (Å²) in [6.07, 6.45) is 6.52. The minimum atomic E-state index is -0.232. The van der Waals surface area contributed by atoms with Gasteiger partial charge in [-0.2, -0.15) is 10.2 Å². The molecule has 1 atom stereocenters. The van der Waals surface area contributed by atoms with E-state index in [1.54, 1.807) is 24.2 Å².